The van der Waals surface area contributed by atoms with Crippen LogP contribution in [0.25, 0.3) is 0 Å². The van der Waals surface area contributed by atoms with Gasteiger partial charge in [0.05, 0.1) is 11.2 Å². The van der Waals surface area contributed by atoms with Crippen LogP contribution in [0.4, 0.5) is 0 Å². The number of nitrogens with zero attached hydrogens (tertiary/aromatic N) is 1. The van der Waals surface area contributed by atoms with Crippen LogP contribution in [0, 0.1) is 0 Å². The second-order valence-electron chi connectivity index (χ2n) is 6.12. The topological polar surface area (TPSA) is 24.9 Å². The van der Waals surface area contributed by atoms with Gasteiger partial charge in [-0.1, -0.05) is 47.5 Å². The van der Waals surface area contributed by atoms with E-state index < -0.39 is 0 Å². The van der Waals surface area contributed by atoms with E-state index in [4.69, 9.17) is 4.98 Å². The van der Waals surface area contributed by atoms with Crippen LogP contribution in [0.5, 0.6) is 0 Å². The summed E-state index contributed by atoms with van der Waals surface area (Å²) in [5.41, 5.74) is 1.44. The average Bonchev–Trinajstić information content (AvgIpc) is 2.78. The Morgan fingerprint density at radius 1 is 1.17 bits per heavy atom. The lowest BCUT2D eigenvalue weighted by Crippen LogP contribution is -2.40. The third kappa shape index (κ3) is 3.33. The number of hydrogen-bond donors (Lipinski definition) is 1. The second-order valence-corrected chi connectivity index (χ2v) is 6.98. The van der Waals surface area contributed by atoms with Crippen LogP contribution in [0.1, 0.15) is 71.0 Å². The van der Waals surface area contributed by atoms with Gasteiger partial charge >= 0.3 is 0 Å². The Morgan fingerprint density at radius 3 is 2.06 bits per heavy atom. The van der Waals surface area contributed by atoms with Gasteiger partial charge in [0.15, 0.2) is 0 Å². The molecule has 0 aliphatic heterocycles. The lowest BCUT2D eigenvalue weighted by Gasteiger charge is -2.31. The normalized spacial score (nSPS) is 13.0. The van der Waals surface area contributed by atoms with Gasteiger partial charge in [0.1, 0.15) is 5.01 Å². The second kappa shape index (κ2) is 6.16. The van der Waals surface area contributed by atoms with Crippen molar-refractivity contribution in [3.63, 3.8) is 0 Å². The van der Waals surface area contributed by atoms with Gasteiger partial charge in [-0.25, -0.2) is 4.98 Å². The molecule has 0 atom stereocenters. The molecule has 0 aliphatic rings. The van der Waals surface area contributed by atoms with Gasteiger partial charge in [-0.3, -0.25) is 0 Å². The monoisotopic (exact) mass is 268 g/mol. The highest BCUT2D eigenvalue weighted by molar-refractivity contribution is 7.09. The Kier molecular flexibility index (Phi) is 5.35. The van der Waals surface area contributed by atoms with Crippen molar-refractivity contribution >= 4 is 11.3 Å². The highest BCUT2D eigenvalue weighted by Gasteiger charge is 2.32. The molecule has 1 aromatic rings. The standard InChI is InChI=1S/C15H28N2S/c1-7-9-15(16-6,10-8-2)13-17-12(11-18-13)14(3,4)5/h11,16H,7-10H2,1-6H3. The highest BCUT2D eigenvalue weighted by Crippen LogP contribution is 2.35. The largest absolute Gasteiger partial charge is 0.308 e. The van der Waals surface area contributed by atoms with Crippen molar-refractivity contribution in [2.45, 2.75) is 71.3 Å². The third-order valence-corrected chi connectivity index (χ3v) is 4.56. The molecule has 0 saturated carbocycles. The van der Waals surface area contributed by atoms with Crippen LogP contribution in [0.2, 0.25) is 0 Å². The molecule has 0 fully saturated rings. The summed E-state index contributed by atoms with van der Waals surface area (Å²) in [7, 11) is 2.07. The van der Waals surface area contributed by atoms with E-state index in [9.17, 15) is 0 Å². The van der Waals surface area contributed by atoms with Crippen molar-refractivity contribution in [1.82, 2.24) is 10.3 Å². The van der Waals surface area contributed by atoms with Crippen molar-refractivity contribution in [2.75, 3.05) is 7.05 Å². The Bertz CT molecular complexity index is 357. The van der Waals surface area contributed by atoms with E-state index in [0.29, 0.717) is 0 Å². The molecule has 3 heteroatoms. The smallest absolute Gasteiger partial charge is 0.113 e. The summed E-state index contributed by atoms with van der Waals surface area (Å²) in [5, 5.41) is 7.04. The van der Waals surface area contributed by atoms with E-state index in [2.05, 4.69) is 52.4 Å². The molecule has 1 aromatic heterocycles. The zero-order valence-corrected chi connectivity index (χ0v) is 13.6. The molecule has 0 bridgehead atoms. The first-order chi connectivity index (χ1) is 8.39. The fourth-order valence-corrected chi connectivity index (χ4v) is 3.70. The zero-order chi connectivity index (χ0) is 13.8. The summed E-state index contributed by atoms with van der Waals surface area (Å²) in [6, 6.07) is 0. The van der Waals surface area contributed by atoms with Gasteiger partial charge in [-0.05, 0) is 19.9 Å². The molecule has 1 heterocycles. The minimum Gasteiger partial charge on any atom is -0.308 e. The fourth-order valence-electron chi connectivity index (χ4n) is 2.39. The summed E-state index contributed by atoms with van der Waals surface area (Å²) in [6.45, 7) is 11.2. The summed E-state index contributed by atoms with van der Waals surface area (Å²) in [5.74, 6) is 0. The Balaban J connectivity index is 3.09. The number of aromatic nitrogens is 1. The van der Waals surface area contributed by atoms with Gasteiger partial charge in [0, 0.05) is 10.8 Å². The molecule has 1 N–H and O–H groups in total. The van der Waals surface area contributed by atoms with Crippen LogP contribution >= 0.6 is 11.3 Å². The van der Waals surface area contributed by atoms with E-state index in [-0.39, 0.29) is 11.0 Å². The molecular formula is C15H28N2S. The third-order valence-electron chi connectivity index (χ3n) is 3.51. The van der Waals surface area contributed by atoms with Crippen molar-refractivity contribution < 1.29 is 0 Å². The molecule has 0 aromatic carbocycles. The van der Waals surface area contributed by atoms with Crippen LogP contribution < -0.4 is 5.32 Å². The first-order valence-electron chi connectivity index (χ1n) is 7.05. The maximum atomic E-state index is 4.92. The van der Waals surface area contributed by atoms with Crippen molar-refractivity contribution in [2.24, 2.45) is 0 Å². The van der Waals surface area contributed by atoms with Crippen molar-refractivity contribution in [3.05, 3.63) is 16.1 Å². The molecule has 0 aliphatic carbocycles. The van der Waals surface area contributed by atoms with E-state index in [1.54, 1.807) is 0 Å². The van der Waals surface area contributed by atoms with Crippen LogP contribution in [0.15, 0.2) is 5.38 Å². The predicted octanol–water partition coefficient (Wildman–Crippen LogP) is 4.46. The predicted molar refractivity (Wildman–Crippen MR) is 81.4 cm³/mol. The van der Waals surface area contributed by atoms with Gasteiger partial charge in [0.2, 0.25) is 0 Å². The molecule has 2 nitrogen and oxygen atoms in total. The van der Waals surface area contributed by atoms with Gasteiger partial charge in [-0.2, -0.15) is 0 Å². The zero-order valence-electron chi connectivity index (χ0n) is 12.8. The summed E-state index contributed by atoms with van der Waals surface area (Å²) >= 11 is 1.81. The minimum atomic E-state index is 0.0810. The van der Waals surface area contributed by atoms with E-state index in [0.717, 1.165) is 12.8 Å². The summed E-state index contributed by atoms with van der Waals surface area (Å²) < 4.78 is 0. The average molecular weight is 268 g/mol. The molecule has 0 unspecified atom stereocenters. The van der Waals surface area contributed by atoms with Crippen LogP contribution in [-0.4, -0.2) is 12.0 Å². The molecular weight excluding hydrogens is 240 g/mol. The molecule has 0 spiro atoms. The molecule has 0 saturated heterocycles. The quantitative estimate of drug-likeness (QED) is 0.824. The highest BCUT2D eigenvalue weighted by atomic mass is 32.1. The van der Waals surface area contributed by atoms with E-state index in [1.807, 2.05) is 11.3 Å². The number of nitrogens with one attached hydrogen (secondary N) is 1. The molecule has 18 heavy (non-hydrogen) atoms. The first-order valence-corrected chi connectivity index (χ1v) is 7.93. The molecule has 0 amide bonds. The molecule has 1 rings (SSSR count). The fraction of sp³-hybridized carbons (Fsp3) is 0.800. The lowest BCUT2D eigenvalue weighted by atomic mass is 9.88. The van der Waals surface area contributed by atoms with Crippen molar-refractivity contribution in [1.29, 1.82) is 0 Å². The van der Waals surface area contributed by atoms with Gasteiger partial charge < -0.3 is 5.32 Å². The number of thiazole rings is 1. The SMILES string of the molecule is CCCC(CCC)(NC)c1nc(C(C)(C)C)cs1. The maximum Gasteiger partial charge on any atom is 0.113 e. The molecule has 0 radical (unpaired) electrons. The summed E-state index contributed by atoms with van der Waals surface area (Å²) in [4.78, 5) is 4.92. The number of hydrogen-bond acceptors (Lipinski definition) is 3. The van der Waals surface area contributed by atoms with Crippen molar-refractivity contribution in [3.8, 4) is 0 Å². The Hall–Kier alpha value is -0.410. The first kappa shape index (κ1) is 15.6. The molecule has 104 valence electrons. The van der Waals surface area contributed by atoms with E-state index >= 15 is 0 Å². The maximum absolute atomic E-state index is 4.92. The van der Waals surface area contributed by atoms with E-state index in [1.165, 1.54) is 23.5 Å². The van der Waals surface area contributed by atoms with Gasteiger partial charge in [-0.15, -0.1) is 11.3 Å². The number of rotatable bonds is 6. The van der Waals surface area contributed by atoms with Gasteiger partial charge in [0.25, 0.3) is 0 Å². The Morgan fingerprint density at radius 2 is 1.72 bits per heavy atom. The minimum absolute atomic E-state index is 0.0810. The van der Waals surface area contributed by atoms with Crippen LogP contribution in [-0.2, 0) is 11.0 Å². The summed E-state index contributed by atoms with van der Waals surface area (Å²) in [6.07, 6.45) is 4.69. The Labute approximate surface area is 116 Å². The van der Waals surface area contributed by atoms with Crippen LogP contribution in [0.3, 0.4) is 0 Å². The lowest BCUT2D eigenvalue weighted by molar-refractivity contribution is 0.299.